The van der Waals surface area contributed by atoms with Crippen LogP contribution in [0.2, 0.25) is 0 Å². The highest BCUT2D eigenvalue weighted by Crippen LogP contribution is 2.20. The summed E-state index contributed by atoms with van der Waals surface area (Å²) in [7, 11) is 0. The summed E-state index contributed by atoms with van der Waals surface area (Å²) in [6, 6.07) is 0. The van der Waals surface area contributed by atoms with Gasteiger partial charge in [0, 0.05) is 38.4 Å². The molecule has 2 atom stereocenters. The van der Waals surface area contributed by atoms with Crippen molar-refractivity contribution in [3.05, 3.63) is 0 Å². The van der Waals surface area contributed by atoms with Crippen molar-refractivity contribution in [2.45, 2.75) is 39.5 Å². The third-order valence-electron chi connectivity index (χ3n) is 4.02. The second kappa shape index (κ2) is 5.72. The van der Waals surface area contributed by atoms with Crippen LogP contribution in [0.25, 0.3) is 0 Å². The van der Waals surface area contributed by atoms with E-state index in [2.05, 4.69) is 6.92 Å². The first-order valence-electron chi connectivity index (χ1n) is 7.11. The minimum absolute atomic E-state index is 0.0905. The van der Waals surface area contributed by atoms with Crippen molar-refractivity contribution in [3.63, 3.8) is 0 Å². The standard InChI is InChI=1S/C14H22N2O3/c1-10-5-7-15(9-10)12(17)4-3-6-16-13(18)8-11(2)14(16)19/h10-11H,3-9H2,1-2H3/t10-,11?/m1/s1. The third-order valence-corrected chi connectivity index (χ3v) is 4.02. The molecule has 5 heteroatoms. The smallest absolute Gasteiger partial charge is 0.232 e. The van der Waals surface area contributed by atoms with Crippen LogP contribution in [-0.2, 0) is 14.4 Å². The van der Waals surface area contributed by atoms with Gasteiger partial charge in [-0.05, 0) is 18.8 Å². The number of carbonyl (C=O) groups excluding carboxylic acids is 3. The van der Waals surface area contributed by atoms with Gasteiger partial charge < -0.3 is 4.90 Å². The predicted octanol–water partition coefficient (Wildman–Crippen LogP) is 1.03. The zero-order valence-electron chi connectivity index (χ0n) is 11.7. The van der Waals surface area contributed by atoms with Crippen LogP contribution in [-0.4, -0.2) is 47.2 Å². The molecule has 3 amide bonds. The van der Waals surface area contributed by atoms with E-state index in [0.717, 1.165) is 19.5 Å². The Morgan fingerprint density at radius 1 is 1.32 bits per heavy atom. The summed E-state index contributed by atoms with van der Waals surface area (Å²) in [5, 5.41) is 0. The van der Waals surface area contributed by atoms with Gasteiger partial charge in [0.05, 0.1) is 0 Å². The molecule has 0 spiro atoms. The molecule has 5 nitrogen and oxygen atoms in total. The van der Waals surface area contributed by atoms with E-state index < -0.39 is 0 Å². The van der Waals surface area contributed by atoms with Crippen LogP contribution >= 0.6 is 0 Å². The van der Waals surface area contributed by atoms with Crippen LogP contribution < -0.4 is 0 Å². The maximum absolute atomic E-state index is 11.9. The summed E-state index contributed by atoms with van der Waals surface area (Å²) in [6.45, 7) is 6.00. The zero-order chi connectivity index (χ0) is 14.0. The minimum atomic E-state index is -0.192. The van der Waals surface area contributed by atoms with Crippen LogP contribution in [0.15, 0.2) is 0 Å². The Bertz CT molecular complexity index is 394. The molecule has 2 aliphatic heterocycles. The van der Waals surface area contributed by atoms with Crippen LogP contribution in [0.5, 0.6) is 0 Å². The number of rotatable bonds is 4. The molecule has 2 fully saturated rings. The first-order chi connectivity index (χ1) is 8.99. The molecule has 2 rings (SSSR count). The van der Waals surface area contributed by atoms with Gasteiger partial charge >= 0.3 is 0 Å². The summed E-state index contributed by atoms with van der Waals surface area (Å²) in [5.41, 5.74) is 0. The number of likely N-dealkylation sites (tertiary alicyclic amines) is 2. The summed E-state index contributed by atoms with van der Waals surface area (Å²) in [5.74, 6) is 0.359. The van der Waals surface area contributed by atoms with Crippen molar-refractivity contribution in [1.29, 1.82) is 0 Å². The maximum atomic E-state index is 11.9. The van der Waals surface area contributed by atoms with Crippen molar-refractivity contribution in [3.8, 4) is 0 Å². The third kappa shape index (κ3) is 3.14. The van der Waals surface area contributed by atoms with Gasteiger partial charge in [-0.2, -0.15) is 0 Å². The molecule has 0 N–H and O–H groups in total. The molecule has 1 unspecified atom stereocenters. The van der Waals surface area contributed by atoms with Gasteiger partial charge in [0.15, 0.2) is 0 Å². The average Bonchev–Trinajstić information content (AvgIpc) is 2.88. The van der Waals surface area contributed by atoms with Gasteiger partial charge in [0.1, 0.15) is 0 Å². The van der Waals surface area contributed by atoms with Crippen LogP contribution in [0.3, 0.4) is 0 Å². The van der Waals surface area contributed by atoms with E-state index in [4.69, 9.17) is 0 Å². The molecule has 0 saturated carbocycles. The van der Waals surface area contributed by atoms with E-state index in [9.17, 15) is 14.4 Å². The Hall–Kier alpha value is -1.39. The van der Waals surface area contributed by atoms with Crippen molar-refractivity contribution < 1.29 is 14.4 Å². The van der Waals surface area contributed by atoms with Crippen LogP contribution in [0.4, 0.5) is 0 Å². The number of carbonyl (C=O) groups is 3. The Kier molecular flexibility index (Phi) is 4.22. The van der Waals surface area contributed by atoms with Gasteiger partial charge in [-0.25, -0.2) is 0 Å². The fourth-order valence-corrected chi connectivity index (χ4v) is 2.79. The molecule has 2 heterocycles. The van der Waals surface area contributed by atoms with Gasteiger partial charge in [-0.15, -0.1) is 0 Å². The Balaban J connectivity index is 1.73. The Morgan fingerprint density at radius 3 is 2.58 bits per heavy atom. The maximum Gasteiger partial charge on any atom is 0.232 e. The van der Waals surface area contributed by atoms with Crippen molar-refractivity contribution in [1.82, 2.24) is 9.80 Å². The molecule has 2 saturated heterocycles. The van der Waals surface area contributed by atoms with Crippen LogP contribution in [0.1, 0.15) is 39.5 Å². The first-order valence-corrected chi connectivity index (χ1v) is 7.11. The molecular formula is C14H22N2O3. The highest BCUT2D eigenvalue weighted by atomic mass is 16.2. The second-order valence-electron chi connectivity index (χ2n) is 5.83. The van der Waals surface area contributed by atoms with E-state index in [1.165, 1.54) is 4.90 Å². The molecule has 0 bridgehead atoms. The number of hydrogen-bond acceptors (Lipinski definition) is 3. The molecule has 106 valence electrons. The molecule has 0 radical (unpaired) electrons. The van der Waals surface area contributed by atoms with E-state index >= 15 is 0 Å². The molecule has 0 aromatic heterocycles. The monoisotopic (exact) mass is 266 g/mol. The topological polar surface area (TPSA) is 57.7 Å². The molecule has 0 aliphatic carbocycles. The molecule has 0 aromatic carbocycles. The lowest BCUT2D eigenvalue weighted by atomic mass is 10.1. The highest BCUT2D eigenvalue weighted by Gasteiger charge is 2.35. The van der Waals surface area contributed by atoms with E-state index in [-0.39, 0.29) is 23.6 Å². The van der Waals surface area contributed by atoms with Crippen molar-refractivity contribution in [2.24, 2.45) is 11.8 Å². The minimum Gasteiger partial charge on any atom is -0.342 e. The molecule has 0 aromatic rings. The normalized spacial score (nSPS) is 27.5. The lowest BCUT2D eigenvalue weighted by Crippen LogP contribution is -2.33. The van der Waals surface area contributed by atoms with Gasteiger partial charge in [-0.1, -0.05) is 13.8 Å². The largest absolute Gasteiger partial charge is 0.342 e. The SMILES string of the molecule is CC1CC(=O)N(CCCC(=O)N2CC[C@@H](C)C2)C1=O. The number of amides is 3. The zero-order valence-corrected chi connectivity index (χ0v) is 11.7. The fourth-order valence-electron chi connectivity index (χ4n) is 2.79. The predicted molar refractivity (Wildman–Crippen MR) is 70.1 cm³/mol. The van der Waals surface area contributed by atoms with Gasteiger partial charge in [0.25, 0.3) is 0 Å². The van der Waals surface area contributed by atoms with Crippen molar-refractivity contribution in [2.75, 3.05) is 19.6 Å². The number of hydrogen-bond donors (Lipinski definition) is 0. The highest BCUT2D eigenvalue weighted by molar-refractivity contribution is 6.03. The van der Waals surface area contributed by atoms with Crippen molar-refractivity contribution >= 4 is 17.7 Å². The summed E-state index contributed by atoms with van der Waals surface area (Å²) in [6.07, 6.45) is 2.40. The Morgan fingerprint density at radius 2 is 2.05 bits per heavy atom. The fraction of sp³-hybridized carbons (Fsp3) is 0.786. The molecule has 19 heavy (non-hydrogen) atoms. The Labute approximate surface area is 113 Å². The van der Waals surface area contributed by atoms with Gasteiger partial charge in [0.2, 0.25) is 17.7 Å². The lowest BCUT2D eigenvalue weighted by Gasteiger charge is -2.17. The second-order valence-corrected chi connectivity index (χ2v) is 5.83. The summed E-state index contributed by atoms with van der Waals surface area (Å²) >= 11 is 0. The quantitative estimate of drug-likeness (QED) is 0.714. The number of imide groups is 1. The van der Waals surface area contributed by atoms with E-state index in [0.29, 0.717) is 31.7 Å². The van der Waals surface area contributed by atoms with E-state index in [1.807, 2.05) is 4.90 Å². The molecular weight excluding hydrogens is 244 g/mol. The van der Waals surface area contributed by atoms with Crippen LogP contribution in [0, 0.1) is 11.8 Å². The first kappa shape index (κ1) is 14.0. The lowest BCUT2D eigenvalue weighted by molar-refractivity contribution is -0.140. The average molecular weight is 266 g/mol. The van der Waals surface area contributed by atoms with Gasteiger partial charge in [-0.3, -0.25) is 19.3 Å². The number of nitrogens with zero attached hydrogens (tertiary/aromatic N) is 2. The summed E-state index contributed by atoms with van der Waals surface area (Å²) in [4.78, 5) is 38.4. The van der Waals surface area contributed by atoms with E-state index in [1.54, 1.807) is 6.92 Å². The molecule has 2 aliphatic rings. The summed E-state index contributed by atoms with van der Waals surface area (Å²) < 4.78 is 0.